The van der Waals surface area contributed by atoms with Crippen LogP contribution in [0.25, 0.3) is 0 Å². The van der Waals surface area contributed by atoms with Gasteiger partial charge in [-0.15, -0.1) is 5.10 Å². The molecule has 0 saturated carbocycles. The largest absolute Gasteiger partial charge is 0.317 e. The van der Waals surface area contributed by atoms with Crippen molar-refractivity contribution in [1.82, 2.24) is 20.3 Å². The highest BCUT2D eigenvalue weighted by molar-refractivity contribution is 9.10. The predicted molar refractivity (Wildman–Crippen MR) is 76.6 cm³/mol. The Morgan fingerprint density at radius 1 is 1.42 bits per heavy atom. The lowest BCUT2D eigenvalue weighted by Crippen LogP contribution is -2.29. The molecule has 0 aromatic carbocycles. The number of halogens is 1. The van der Waals surface area contributed by atoms with Crippen LogP contribution in [0.3, 0.4) is 0 Å². The maximum Gasteiger partial charge on any atom is 0.216 e. The second kappa shape index (κ2) is 5.52. The van der Waals surface area contributed by atoms with Crippen LogP contribution in [0.5, 0.6) is 0 Å². The van der Waals surface area contributed by atoms with E-state index in [0.717, 1.165) is 30.4 Å². The number of aromatic nitrogens is 3. The summed E-state index contributed by atoms with van der Waals surface area (Å²) in [7, 11) is 0. The summed E-state index contributed by atoms with van der Waals surface area (Å²) >= 11 is 4.87. The third-order valence-corrected chi connectivity index (χ3v) is 4.99. The maximum absolute atomic E-state index is 12.3. The zero-order chi connectivity index (χ0) is 13.2. The highest BCUT2D eigenvalue weighted by atomic mass is 79.9. The number of hydrogen-bond donors (Lipinski definition) is 1. The van der Waals surface area contributed by atoms with Crippen molar-refractivity contribution >= 4 is 33.0 Å². The van der Waals surface area contributed by atoms with Gasteiger partial charge in [0.15, 0.2) is 5.69 Å². The molecule has 7 heteroatoms. The molecule has 0 unspecified atom stereocenters. The normalized spacial score (nSPS) is 16.7. The van der Waals surface area contributed by atoms with Crippen molar-refractivity contribution in [2.24, 2.45) is 0 Å². The lowest BCUT2D eigenvalue weighted by atomic mass is 10.1. The van der Waals surface area contributed by atoms with E-state index in [0.29, 0.717) is 17.3 Å². The van der Waals surface area contributed by atoms with Gasteiger partial charge >= 0.3 is 0 Å². The summed E-state index contributed by atoms with van der Waals surface area (Å²) in [4.78, 5) is 12.3. The minimum absolute atomic E-state index is 0.0756. The fourth-order valence-corrected chi connectivity index (χ4v) is 3.67. The molecular formula is C12H13BrN4OS. The van der Waals surface area contributed by atoms with Gasteiger partial charge in [-0.2, -0.15) is 11.3 Å². The first-order chi connectivity index (χ1) is 9.25. The smallest absolute Gasteiger partial charge is 0.216 e. The summed E-state index contributed by atoms with van der Waals surface area (Å²) in [6, 6.07) is 0.348. The Morgan fingerprint density at radius 3 is 2.89 bits per heavy atom. The molecule has 1 aliphatic heterocycles. The van der Waals surface area contributed by atoms with Crippen LogP contribution in [0.2, 0.25) is 0 Å². The van der Waals surface area contributed by atoms with Gasteiger partial charge in [-0.1, -0.05) is 5.21 Å². The van der Waals surface area contributed by atoms with Crippen LogP contribution in [-0.4, -0.2) is 33.9 Å². The fourth-order valence-electron chi connectivity index (χ4n) is 2.21. The van der Waals surface area contributed by atoms with Crippen molar-refractivity contribution in [2.75, 3.05) is 13.1 Å². The average Bonchev–Trinajstić information content (AvgIpc) is 3.08. The quantitative estimate of drug-likeness (QED) is 0.870. The lowest BCUT2D eigenvalue weighted by Gasteiger charge is -2.22. The third kappa shape index (κ3) is 2.63. The number of piperidine rings is 1. The lowest BCUT2D eigenvalue weighted by molar-refractivity contribution is 0.103. The molecule has 100 valence electrons. The molecule has 0 bridgehead atoms. The Kier molecular flexibility index (Phi) is 3.76. The van der Waals surface area contributed by atoms with Gasteiger partial charge in [0.05, 0.1) is 12.2 Å². The Balaban J connectivity index is 1.81. The standard InChI is InChI=1S/C12H13BrN4OS/c13-10-7-19-6-9(10)12(18)11-5-17(16-15-11)8-1-3-14-4-2-8/h5-8,14H,1-4H2. The van der Waals surface area contributed by atoms with Gasteiger partial charge in [0.25, 0.3) is 0 Å². The first-order valence-electron chi connectivity index (χ1n) is 6.14. The molecule has 1 N–H and O–H groups in total. The summed E-state index contributed by atoms with van der Waals surface area (Å²) in [5, 5.41) is 15.2. The van der Waals surface area contributed by atoms with E-state index in [9.17, 15) is 4.79 Å². The van der Waals surface area contributed by atoms with Crippen molar-refractivity contribution in [3.05, 3.63) is 32.7 Å². The SMILES string of the molecule is O=C(c1cn(C2CCNCC2)nn1)c1cscc1Br. The van der Waals surface area contributed by atoms with Gasteiger partial charge in [-0.25, -0.2) is 4.68 Å². The van der Waals surface area contributed by atoms with Crippen molar-refractivity contribution in [1.29, 1.82) is 0 Å². The van der Waals surface area contributed by atoms with E-state index in [2.05, 4.69) is 31.6 Å². The number of ketones is 1. The van der Waals surface area contributed by atoms with E-state index in [4.69, 9.17) is 0 Å². The van der Waals surface area contributed by atoms with E-state index in [1.54, 1.807) is 6.20 Å². The fraction of sp³-hybridized carbons (Fsp3) is 0.417. The number of thiophene rings is 1. The van der Waals surface area contributed by atoms with Crippen LogP contribution >= 0.6 is 27.3 Å². The monoisotopic (exact) mass is 340 g/mol. The molecule has 0 spiro atoms. The van der Waals surface area contributed by atoms with Crippen LogP contribution in [0.4, 0.5) is 0 Å². The highest BCUT2D eigenvalue weighted by Gasteiger charge is 2.20. The molecule has 2 aromatic heterocycles. The third-order valence-electron chi connectivity index (χ3n) is 3.29. The van der Waals surface area contributed by atoms with Crippen LogP contribution in [0.1, 0.15) is 34.9 Å². The molecule has 0 atom stereocenters. The van der Waals surface area contributed by atoms with Crippen molar-refractivity contribution in [3.8, 4) is 0 Å². The second-order valence-electron chi connectivity index (χ2n) is 4.53. The number of hydrogen-bond acceptors (Lipinski definition) is 5. The van der Waals surface area contributed by atoms with Gasteiger partial charge in [0.1, 0.15) is 0 Å². The van der Waals surface area contributed by atoms with Crippen molar-refractivity contribution < 1.29 is 4.79 Å². The van der Waals surface area contributed by atoms with E-state index < -0.39 is 0 Å². The zero-order valence-corrected chi connectivity index (χ0v) is 12.6. The van der Waals surface area contributed by atoms with Crippen LogP contribution in [0, 0.1) is 0 Å². The van der Waals surface area contributed by atoms with Crippen molar-refractivity contribution in [2.45, 2.75) is 18.9 Å². The predicted octanol–water partition coefficient (Wildman–Crippen LogP) is 2.26. The number of nitrogens with one attached hydrogen (secondary N) is 1. The number of carbonyl (C=O) groups excluding carboxylic acids is 1. The minimum atomic E-state index is -0.0756. The Bertz CT molecular complexity index is 588. The molecule has 1 saturated heterocycles. The molecule has 0 radical (unpaired) electrons. The Morgan fingerprint density at radius 2 is 2.21 bits per heavy atom. The molecular weight excluding hydrogens is 328 g/mol. The summed E-state index contributed by atoms with van der Waals surface area (Å²) in [6.45, 7) is 1.98. The van der Waals surface area contributed by atoms with Gasteiger partial charge < -0.3 is 5.32 Å². The van der Waals surface area contributed by atoms with Crippen LogP contribution in [0.15, 0.2) is 21.4 Å². The molecule has 19 heavy (non-hydrogen) atoms. The molecule has 0 amide bonds. The summed E-state index contributed by atoms with van der Waals surface area (Å²) in [5.74, 6) is -0.0756. The number of rotatable bonds is 3. The van der Waals surface area contributed by atoms with Crippen molar-refractivity contribution in [3.63, 3.8) is 0 Å². The number of nitrogens with zero attached hydrogens (tertiary/aromatic N) is 3. The van der Waals surface area contributed by atoms with Crippen LogP contribution < -0.4 is 5.32 Å². The highest BCUT2D eigenvalue weighted by Crippen LogP contribution is 2.24. The topological polar surface area (TPSA) is 59.8 Å². The Hall–Kier alpha value is -1.05. The summed E-state index contributed by atoms with van der Waals surface area (Å²) < 4.78 is 2.65. The molecule has 1 fully saturated rings. The van der Waals surface area contributed by atoms with Crippen LogP contribution in [-0.2, 0) is 0 Å². The summed E-state index contributed by atoms with van der Waals surface area (Å²) in [5.41, 5.74) is 1.07. The molecule has 2 aromatic rings. The van der Waals surface area contributed by atoms with E-state index >= 15 is 0 Å². The molecule has 3 rings (SSSR count). The Labute approximate surface area is 123 Å². The van der Waals surface area contributed by atoms with Gasteiger partial charge in [0, 0.05) is 20.8 Å². The molecule has 3 heterocycles. The number of carbonyl (C=O) groups is 1. The summed E-state index contributed by atoms with van der Waals surface area (Å²) in [6.07, 6.45) is 3.82. The van der Waals surface area contributed by atoms with Gasteiger partial charge in [-0.05, 0) is 41.9 Å². The molecule has 5 nitrogen and oxygen atoms in total. The minimum Gasteiger partial charge on any atom is -0.317 e. The molecule has 1 aliphatic rings. The second-order valence-corrected chi connectivity index (χ2v) is 6.13. The van der Waals surface area contributed by atoms with E-state index in [-0.39, 0.29) is 5.78 Å². The maximum atomic E-state index is 12.3. The van der Waals surface area contributed by atoms with Gasteiger partial charge in [-0.3, -0.25) is 4.79 Å². The zero-order valence-electron chi connectivity index (χ0n) is 10.2. The molecule has 0 aliphatic carbocycles. The first kappa shape index (κ1) is 13.0. The van der Waals surface area contributed by atoms with Gasteiger partial charge in [0.2, 0.25) is 5.78 Å². The van der Waals surface area contributed by atoms with E-state index in [1.807, 2.05) is 15.4 Å². The average molecular weight is 341 g/mol. The van der Waals surface area contributed by atoms with E-state index in [1.165, 1.54) is 11.3 Å². The first-order valence-corrected chi connectivity index (χ1v) is 7.88.